The summed E-state index contributed by atoms with van der Waals surface area (Å²) in [5.41, 5.74) is 0.703. The number of hydrogen-bond acceptors (Lipinski definition) is 4. The number of halogens is 1. The minimum atomic E-state index is -0.149. The summed E-state index contributed by atoms with van der Waals surface area (Å²) in [5.74, 6) is 0.200. The maximum atomic E-state index is 13.0. The standard InChI is InChI=1S/C22H29ClN4O4/c23-17-1-3-18(4-2-17)24-22(30)26-9-5-16(6-10-26)21(29)25-11-7-19(8-12-25)27-13-14-31-15-20(27)28/h1-4,16,19H,5-15H2,(H,24,30). The van der Waals surface area contributed by atoms with Gasteiger partial charge in [0, 0.05) is 55.4 Å². The smallest absolute Gasteiger partial charge is 0.321 e. The van der Waals surface area contributed by atoms with Gasteiger partial charge in [0.15, 0.2) is 0 Å². The maximum Gasteiger partial charge on any atom is 0.321 e. The number of rotatable bonds is 3. The van der Waals surface area contributed by atoms with Crippen LogP contribution in [0.15, 0.2) is 24.3 Å². The van der Waals surface area contributed by atoms with Gasteiger partial charge in [-0.25, -0.2) is 4.79 Å². The lowest BCUT2D eigenvalue weighted by atomic mass is 9.93. The predicted octanol–water partition coefficient (Wildman–Crippen LogP) is 2.43. The number of urea groups is 1. The lowest BCUT2D eigenvalue weighted by molar-refractivity contribution is -0.148. The van der Waals surface area contributed by atoms with E-state index in [2.05, 4.69) is 5.32 Å². The Kier molecular flexibility index (Phi) is 6.97. The van der Waals surface area contributed by atoms with Crippen molar-refractivity contribution in [2.24, 2.45) is 5.92 Å². The number of hydrogen-bond donors (Lipinski definition) is 1. The number of nitrogens with one attached hydrogen (secondary N) is 1. The molecule has 1 aromatic carbocycles. The maximum absolute atomic E-state index is 13.0. The Morgan fingerprint density at radius 3 is 2.23 bits per heavy atom. The number of carbonyl (C=O) groups is 3. The number of anilines is 1. The van der Waals surface area contributed by atoms with Gasteiger partial charge in [0.2, 0.25) is 11.8 Å². The van der Waals surface area contributed by atoms with Crippen LogP contribution in [0.3, 0.4) is 0 Å². The summed E-state index contributed by atoms with van der Waals surface area (Å²) in [6.45, 7) is 3.91. The van der Waals surface area contributed by atoms with Crippen LogP contribution < -0.4 is 5.32 Å². The van der Waals surface area contributed by atoms with Crippen LogP contribution in [0.4, 0.5) is 10.5 Å². The molecule has 3 saturated heterocycles. The molecule has 4 rings (SSSR count). The van der Waals surface area contributed by atoms with E-state index in [1.807, 2.05) is 9.80 Å². The highest BCUT2D eigenvalue weighted by atomic mass is 35.5. The van der Waals surface area contributed by atoms with E-state index in [0.717, 1.165) is 12.8 Å². The summed E-state index contributed by atoms with van der Waals surface area (Å²) >= 11 is 5.88. The fourth-order valence-corrected chi connectivity index (χ4v) is 4.76. The van der Waals surface area contributed by atoms with Crippen molar-refractivity contribution in [2.45, 2.75) is 31.7 Å². The topological polar surface area (TPSA) is 82.2 Å². The van der Waals surface area contributed by atoms with Gasteiger partial charge in [-0.15, -0.1) is 0 Å². The van der Waals surface area contributed by atoms with Gasteiger partial charge in [0.05, 0.1) is 6.61 Å². The molecule has 31 heavy (non-hydrogen) atoms. The molecule has 3 aliphatic heterocycles. The molecule has 1 aromatic rings. The summed E-state index contributed by atoms with van der Waals surface area (Å²) in [7, 11) is 0. The lowest BCUT2D eigenvalue weighted by Gasteiger charge is -2.41. The number of carbonyl (C=O) groups excluding carboxylic acids is 3. The predicted molar refractivity (Wildman–Crippen MR) is 117 cm³/mol. The molecule has 9 heteroatoms. The third-order valence-corrected chi connectivity index (χ3v) is 6.72. The normalized spacial score (nSPS) is 21.3. The molecular formula is C22H29ClN4O4. The van der Waals surface area contributed by atoms with Crippen molar-refractivity contribution in [3.8, 4) is 0 Å². The van der Waals surface area contributed by atoms with Crippen LogP contribution in [-0.2, 0) is 14.3 Å². The minimum absolute atomic E-state index is 0.0406. The van der Waals surface area contributed by atoms with E-state index in [1.165, 1.54) is 0 Å². The second kappa shape index (κ2) is 9.87. The molecule has 0 aliphatic carbocycles. The highest BCUT2D eigenvalue weighted by Crippen LogP contribution is 2.25. The van der Waals surface area contributed by atoms with Gasteiger partial charge in [-0.1, -0.05) is 11.6 Å². The molecule has 0 aromatic heterocycles. The van der Waals surface area contributed by atoms with E-state index in [9.17, 15) is 14.4 Å². The fraction of sp³-hybridized carbons (Fsp3) is 0.591. The molecule has 0 unspecified atom stereocenters. The number of likely N-dealkylation sites (tertiary alicyclic amines) is 2. The van der Waals surface area contributed by atoms with Crippen LogP contribution >= 0.6 is 11.6 Å². The van der Waals surface area contributed by atoms with Gasteiger partial charge in [-0.2, -0.15) is 0 Å². The van der Waals surface area contributed by atoms with Crippen molar-refractivity contribution < 1.29 is 19.1 Å². The van der Waals surface area contributed by atoms with E-state index < -0.39 is 0 Å². The van der Waals surface area contributed by atoms with E-state index in [4.69, 9.17) is 16.3 Å². The Hall–Kier alpha value is -2.32. The number of benzene rings is 1. The highest BCUT2D eigenvalue weighted by Gasteiger charge is 2.34. The first-order chi connectivity index (χ1) is 15.0. The SMILES string of the molecule is O=C(Nc1ccc(Cl)cc1)N1CCC(C(=O)N2CCC(N3CCOCC3=O)CC2)CC1. The monoisotopic (exact) mass is 448 g/mol. The molecule has 0 atom stereocenters. The largest absolute Gasteiger partial charge is 0.370 e. The second-order valence-corrected chi connectivity index (χ2v) is 8.83. The Balaban J connectivity index is 1.22. The van der Waals surface area contributed by atoms with Crippen molar-refractivity contribution in [3.05, 3.63) is 29.3 Å². The lowest BCUT2D eigenvalue weighted by Crippen LogP contribution is -2.53. The molecule has 3 heterocycles. The van der Waals surface area contributed by atoms with Crippen LogP contribution in [-0.4, -0.2) is 84.5 Å². The Morgan fingerprint density at radius 2 is 1.58 bits per heavy atom. The fourth-order valence-electron chi connectivity index (χ4n) is 4.64. The van der Waals surface area contributed by atoms with Gasteiger partial charge >= 0.3 is 6.03 Å². The van der Waals surface area contributed by atoms with E-state index in [-0.39, 0.29) is 36.4 Å². The van der Waals surface area contributed by atoms with Crippen LogP contribution in [0.25, 0.3) is 0 Å². The first-order valence-electron chi connectivity index (χ1n) is 11.0. The number of nitrogens with zero attached hydrogens (tertiary/aromatic N) is 3. The van der Waals surface area contributed by atoms with Crippen LogP contribution in [0.5, 0.6) is 0 Å². The quantitative estimate of drug-likeness (QED) is 0.770. The van der Waals surface area contributed by atoms with Gasteiger partial charge < -0.3 is 24.8 Å². The van der Waals surface area contributed by atoms with E-state index in [1.54, 1.807) is 29.2 Å². The number of amides is 4. The van der Waals surface area contributed by atoms with Crippen molar-refractivity contribution in [1.82, 2.24) is 14.7 Å². The van der Waals surface area contributed by atoms with Crippen molar-refractivity contribution in [2.75, 3.05) is 51.3 Å². The molecule has 0 spiro atoms. The molecular weight excluding hydrogens is 420 g/mol. The number of morpholine rings is 1. The van der Waals surface area contributed by atoms with Crippen molar-refractivity contribution in [3.63, 3.8) is 0 Å². The molecule has 0 bridgehead atoms. The number of piperidine rings is 2. The molecule has 8 nitrogen and oxygen atoms in total. The third-order valence-electron chi connectivity index (χ3n) is 6.47. The van der Waals surface area contributed by atoms with E-state index >= 15 is 0 Å². The first kappa shape index (κ1) is 21.9. The molecule has 168 valence electrons. The summed E-state index contributed by atoms with van der Waals surface area (Å²) in [6.07, 6.45) is 2.99. The van der Waals surface area contributed by atoms with Crippen LogP contribution in [0, 0.1) is 5.92 Å². The average molecular weight is 449 g/mol. The highest BCUT2D eigenvalue weighted by molar-refractivity contribution is 6.30. The Morgan fingerprint density at radius 1 is 0.935 bits per heavy atom. The summed E-state index contributed by atoms with van der Waals surface area (Å²) in [4.78, 5) is 43.2. The molecule has 0 radical (unpaired) electrons. The van der Waals surface area contributed by atoms with Crippen molar-refractivity contribution in [1.29, 1.82) is 0 Å². The second-order valence-electron chi connectivity index (χ2n) is 8.39. The van der Waals surface area contributed by atoms with Crippen LogP contribution in [0.1, 0.15) is 25.7 Å². The van der Waals surface area contributed by atoms with Crippen molar-refractivity contribution >= 4 is 35.1 Å². The summed E-state index contributed by atoms with van der Waals surface area (Å²) in [5, 5.41) is 3.50. The summed E-state index contributed by atoms with van der Waals surface area (Å²) < 4.78 is 5.21. The molecule has 4 amide bonds. The Bertz CT molecular complexity index is 802. The number of ether oxygens (including phenoxy) is 1. The zero-order chi connectivity index (χ0) is 21.8. The van der Waals surface area contributed by atoms with Gasteiger partial charge in [0.25, 0.3) is 0 Å². The zero-order valence-corrected chi connectivity index (χ0v) is 18.4. The average Bonchev–Trinajstić information content (AvgIpc) is 2.81. The molecule has 3 fully saturated rings. The Labute approximate surface area is 187 Å². The summed E-state index contributed by atoms with van der Waals surface area (Å²) in [6, 6.07) is 7.07. The van der Waals surface area contributed by atoms with Gasteiger partial charge in [-0.05, 0) is 49.9 Å². The van der Waals surface area contributed by atoms with Gasteiger partial charge in [0.1, 0.15) is 6.61 Å². The third kappa shape index (κ3) is 5.30. The first-order valence-corrected chi connectivity index (χ1v) is 11.4. The van der Waals surface area contributed by atoms with Gasteiger partial charge in [-0.3, -0.25) is 9.59 Å². The minimum Gasteiger partial charge on any atom is -0.370 e. The molecule has 3 aliphatic rings. The molecule has 1 N–H and O–H groups in total. The molecule has 0 saturated carbocycles. The zero-order valence-electron chi connectivity index (χ0n) is 17.6. The van der Waals surface area contributed by atoms with Crippen LogP contribution in [0.2, 0.25) is 5.02 Å². The van der Waals surface area contributed by atoms with E-state index in [0.29, 0.717) is 62.9 Å².